The van der Waals surface area contributed by atoms with Crippen molar-refractivity contribution in [2.75, 3.05) is 6.54 Å². The van der Waals surface area contributed by atoms with Gasteiger partial charge in [-0.1, -0.05) is 25.7 Å². The topological polar surface area (TPSA) is 83.6 Å². The maximum Gasteiger partial charge on any atom is 0.338 e. The number of nitrogens with zero attached hydrogens (tertiary/aromatic N) is 1. The molecule has 27 heavy (non-hydrogen) atoms. The molecule has 0 radical (unpaired) electrons. The van der Waals surface area contributed by atoms with Gasteiger partial charge in [0.15, 0.2) is 6.17 Å². The van der Waals surface area contributed by atoms with E-state index < -0.39 is 12.1 Å². The van der Waals surface area contributed by atoms with Gasteiger partial charge < -0.3 is 15.7 Å². The van der Waals surface area contributed by atoms with E-state index in [0.29, 0.717) is 6.42 Å². The average molecular weight is 383 g/mol. The first kappa shape index (κ1) is 20.4. The van der Waals surface area contributed by atoms with Crippen molar-refractivity contribution >= 4 is 12.0 Å². The Morgan fingerprint density at radius 3 is 1.93 bits per heavy atom. The van der Waals surface area contributed by atoms with Crippen molar-refractivity contribution in [3.8, 4) is 0 Å². The Kier molecular flexibility index (Phi) is 6.64. The number of hydrogen-bond acceptors (Lipinski definition) is 2. The Balaban J connectivity index is 1.36. The summed E-state index contributed by atoms with van der Waals surface area (Å²) < 4.78 is 13.0. The highest BCUT2D eigenvalue weighted by atomic mass is 19.1. The lowest BCUT2D eigenvalue weighted by Crippen LogP contribution is -2.62. The molecule has 5 nitrogen and oxygen atoms in total. The summed E-state index contributed by atoms with van der Waals surface area (Å²) in [7, 11) is 0. The van der Waals surface area contributed by atoms with E-state index in [2.05, 4.69) is 0 Å². The molecule has 3 N–H and O–H groups in total. The van der Waals surface area contributed by atoms with Crippen LogP contribution in [-0.2, 0) is 4.79 Å². The Hall–Kier alpha value is -1.33. The summed E-state index contributed by atoms with van der Waals surface area (Å²) in [6, 6.07) is -0.250. The predicted molar refractivity (Wildman–Crippen MR) is 102 cm³/mol. The van der Waals surface area contributed by atoms with Crippen molar-refractivity contribution < 1.29 is 19.1 Å². The summed E-state index contributed by atoms with van der Waals surface area (Å²) in [5, 5.41) is 8.52. The van der Waals surface area contributed by atoms with Crippen molar-refractivity contribution in [2.45, 2.75) is 95.2 Å². The third-order valence-corrected chi connectivity index (χ3v) is 7.20. The van der Waals surface area contributed by atoms with Crippen LogP contribution in [0, 0.1) is 17.8 Å². The SMILES string of the molecule is NC(=O)N(CCCCCCCCC(F)C(=O)O)C12CC3CC(CC(C3)C1)C2. The Bertz CT molecular complexity index is 504. The number of rotatable bonds is 11. The van der Waals surface area contributed by atoms with Gasteiger partial charge in [0.25, 0.3) is 0 Å². The second-order valence-corrected chi connectivity index (χ2v) is 9.35. The summed E-state index contributed by atoms with van der Waals surface area (Å²) in [5.41, 5.74) is 5.83. The van der Waals surface area contributed by atoms with E-state index in [1.807, 2.05) is 4.90 Å². The molecule has 0 aromatic rings. The zero-order chi connectivity index (χ0) is 19.4. The molecule has 6 heteroatoms. The number of carboxylic acids is 1. The molecular formula is C21H35FN2O3. The van der Waals surface area contributed by atoms with E-state index in [1.54, 1.807) is 0 Å². The zero-order valence-corrected chi connectivity index (χ0v) is 16.4. The van der Waals surface area contributed by atoms with Gasteiger partial charge in [0, 0.05) is 12.1 Å². The molecule has 1 atom stereocenters. The predicted octanol–water partition coefficient (Wildman–Crippen LogP) is 4.49. The molecule has 0 aromatic carbocycles. The molecule has 154 valence electrons. The lowest BCUT2D eigenvalue weighted by molar-refractivity contribution is -0.143. The minimum atomic E-state index is -1.73. The van der Waals surface area contributed by atoms with Gasteiger partial charge in [0.2, 0.25) is 0 Å². The molecule has 1 unspecified atom stereocenters. The van der Waals surface area contributed by atoms with E-state index in [-0.39, 0.29) is 18.0 Å². The maximum atomic E-state index is 13.0. The van der Waals surface area contributed by atoms with E-state index in [9.17, 15) is 14.0 Å². The lowest BCUT2D eigenvalue weighted by Gasteiger charge is -2.60. The molecule has 4 rings (SSSR count). The third-order valence-electron chi connectivity index (χ3n) is 7.20. The number of hydrogen-bond donors (Lipinski definition) is 2. The third kappa shape index (κ3) is 4.94. The zero-order valence-electron chi connectivity index (χ0n) is 16.4. The average Bonchev–Trinajstić information content (AvgIpc) is 2.58. The number of unbranched alkanes of at least 4 members (excludes halogenated alkanes) is 5. The van der Waals surface area contributed by atoms with Gasteiger partial charge in [0.1, 0.15) is 0 Å². The minimum Gasteiger partial charge on any atom is -0.479 e. The number of urea groups is 1. The van der Waals surface area contributed by atoms with Crippen molar-refractivity contribution in [3.05, 3.63) is 0 Å². The number of nitrogens with two attached hydrogens (primary N) is 1. The Morgan fingerprint density at radius 1 is 0.963 bits per heavy atom. The van der Waals surface area contributed by atoms with Crippen molar-refractivity contribution in [3.63, 3.8) is 0 Å². The number of carbonyl (C=O) groups is 2. The molecule has 4 bridgehead atoms. The summed E-state index contributed by atoms with van der Waals surface area (Å²) >= 11 is 0. The maximum absolute atomic E-state index is 13.0. The van der Waals surface area contributed by atoms with Gasteiger partial charge in [-0.3, -0.25) is 0 Å². The van der Waals surface area contributed by atoms with Crippen LogP contribution in [0.3, 0.4) is 0 Å². The fourth-order valence-electron chi connectivity index (χ4n) is 6.40. The molecule has 4 aliphatic rings. The van der Waals surface area contributed by atoms with Crippen LogP contribution in [0.25, 0.3) is 0 Å². The highest BCUT2D eigenvalue weighted by molar-refractivity contribution is 5.73. The van der Waals surface area contributed by atoms with Gasteiger partial charge >= 0.3 is 12.0 Å². The fraction of sp³-hybridized carbons (Fsp3) is 0.905. The van der Waals surface area contributed by atoms with E-state index >= 15 is 0 Å². The standard InChI is InChI=1S/C21H35FN2O3/c22-18(19(25)26)7-5-3-1-2-4-6-8-24(20(23)27)21-12-15-9-16(13-21)11-17(10-15)14-21/h15-18H,1-14H2,(H2,23,27)(H,25,26). The van der Waals surface area contributed by atoms with E-state index in [4.69, 9.17) is 10.8 Å². The normalized spacial score (nSPS) is 32.4. The van der Waals surface area contributed by atoms with Crippen LogP contribution in [0.15, 0.2) is 0 Å². The van der Waals surface area contributed by atoms with Crippen LogP contribution in [-0.4, -0.2) is 40.3 Å². The second kappa shape index (κ2) is 8.78. The smallest absolute Gasteiger partial charge is 0.338 e. The molecule has 0 aromatic heterocycles. The number of carbonyl (C=O) groups excluding carboxylic acids is 1. The number of halogens is 1. The number of carboxylic acid groups (broad SMARTS) is 1. The number of amides is 2. The van der Waals surface area contributed by atoms with Crippen molar-refractivity contribution in [1.29, 1.82) is 0 Å². The van der Waals surface area contributed by atoms with Gasteiger partial charge in [-0.2, -0.15) is 0 Å². The molecule has 4 aliphatic carbocycles. The largest absolute Gasteiger partial charge is 0.479 e. The molecule has 4 fully saturated rings. The molecule has 0 aliphatic heterocycles. The van der Waals surface area contributed by atoms with Crippen LogP contribution >= 0.6 is 0 Å². The van der Waals surface area contributed by atoms with Crippen LogP contribution in [0.2, 0.25) is 0 Å². The van der Waals surface area contributed by atoms with Crippen molar-refractivity contribution in [1.82, 2.24) is 4.90 Å². The second-order valence-electron chi connectivity index (χ2n) is 9.35. The Morgan fingerprint density at radius 2 is 1.44 bits per heavy atom. The van der Waals surface area contributed by atoms with Crippen LogP contribution in [0.5, 0.6) is 0 Å². The molecular weight excluding hydrogens is 347 g/mol. The highest BCUT2D eigenvalue weighted by Crippen LogP contribution is 2.57. The van der Waals surface area contributed by atoms with E-state index in [0.717, 1.165) is 75.7 Å². The number of alkyl halides is 1. The monoisotopic (exact) mass is 382 g/mol. The quantitative estimate of drug-likeness (QED) is 0.516. The van der Waals surface area contributed by atoms with Gasteiger partial charge in [-0.05, 0) is 75.5 Å². The lowest BCUT2D eigenvalue weighted by atomic mass is 9.52. The van der Waals surface area contributed by atoms with Gasteiger partial charge in [-0.15, -0.1) is 0 Å². The van der Waals surface area contributed by atoms with Crippen LogP contribution < -0.4 is 5.73 Å². The summed E-state index contributed by atoms with van der Waals surface area (Å²) in [6.07, 6.45) is 11.4. The first-order chi connectivity index (χ1) is 12.9. The van der Waals surface area contributed by atoms with E-state index in [1.165, 1.54) is 19.3 Å². The van der Waals surface area contributed by atoms with Gasteiger partial charge in [-0.25, -0.2) is 14.0 Å². The Labute approximate surface area is 161 Å². The first-order valence-corrected chi connectivity index (χ1v) is 10.8. The summed E-state index contributed by atoms with van der Waals surface area (Å²) in [5.74, 6) is 1.03. The molecule has 0 saturated heterocycles. The van der Waals surface area contributed by atoms with Gasteiger partial charge in [0.05, 0.1) is 0 Å². The molecule has 4 saturated carbocycles. The number of aliphatic carboxylic acids is 1. The molecule has 0 heterocycles. The highest BCUT2D eigenvalue weighted by Gasteiger charge is 2.54. The summed E-state index contributed by atoms with van der Waals surface area (Å²) in [6.45, 7) is 0.757. The molecule has 0 spiro atoms. The van der Waals surface area contributed by atoms with Crippen molar-refractivity contribution in [2.24, 2.45) is 23.5 Å². The van der Waals surface area contributed by atoms with Crippen LogP contribution in [0.1, 0.15) is 83.5 Å². The summed E-state index contributed by atoms with van der Waals surface area (Å²) in [4.78, 5) is 24.7. The minimum absolute atomic E-state index is 0.0353. The van der Waals surface area contributed by atoms with Crippen LogP contribution in [0.4, 0.5) is 9.18 Å². The molecule has 2 amide bonds. The first-order valence-electron chi connectivity index (χ1n) is 10.8. The fourth-order valence-corrected chi connectivity index (χ4v) is 6.40. The number of primary amides is 1.